The molecule has 3 amide bonds. The van der Waals surface area contributed by atoms with Crippen LogP contribution in [0.5, 0.6) is 0 Å². The molecule has 39 heavy (non-hydrogen) atoms. The van der Waals surface area contributed by atoms with Crippen LogP contribution < -0.4 is 21.1 Å². The fourth-order valence-corrected chi connectivity index (χ4v) is 5.28. The summed E-state index contributed by atoms with van der Waals surface area (Å²) in [4.78, 5) is 40.5. The van der Waals surface area contributed by atoms with Crippen molar-refractivity contribution < 1.29 is 23.5 Å². The zero-order valence-electron chi connectivity index (χ0n) is 20.0. The lowest BCUT2D eigenvalue weighted by atomic mass is 9.95. The van der Waals surface area contributed by atoms with Crippen molar-refractivity contribution in [2.45, 2.75) is 12.1 Å². The van der Waals surface area contributed by atoms with E-state index in [4.69, 9.17) is 11.6 Å². The number of fused-ring (bicyclic) bond motifs is 2. The number of halogens is 3. The summed E-state index contributed by atoms with van der Waals surface area (Å²) in [6.45, 7) is -0.124. The molecule has 0 unspecified atom stereocenters. The molecule has 1 aromatic heterocycles. The SMILES string of the molecule is O=C1N[C@@H](c2cc(F)ccc2Cl)c2c(NC(=O)N3C[C@H](O)c4cc(F)ccc43)cc(-n3ccccc3=O)cc21. The van der Waals surface area contributed by atoms with Gasteiger partial charge >= 0.3 is 6.03 Å². The van der Waals surface area contributed by atoms with Gasteiger partial charge in [-0.15, -0.1) is 0 Å². The lowest BCUT2D eigenvalue weighted by Gasteiger charge is -2.22. The summed E-state index contributed by atoms with van der Waals surface area (Å²) in [6, 6.07) is 13.5. The van der Waals surface area contributed by atoms with Gasteiger partial charge in [-0.3, -0.25) is 19.1 Å². The molecule has 0 saturated carbocycles. The Morgan fingerprint density at radius 1 is 1.00 bits per heavy atom. The van der Waals surface area contributed by atoms with Gasteiger partial charge in [0.25, 0.3) is 11.5 Å². The van der Waals surface area contributed by atoms with Crippen LogP contribution in [0, 0.1) is 11.6 Å². The van der Waals surface area contributed by atoms with Gasteiger partial charge in [0.05, 0.1) is 35.8 Å². The van der Waals surface area contributed by atoms with Crippen LogP contribution in [-0.2, 0) is 0 Å². The predicted molar refractivity (Wildman–Crippen MR) is 140 cm³/mol. The van der Waals surface area contributed by atoms with Crippen LogP contribution in [0.2, 0.25) is 5.02 Å². The number of hydrogen-bond acceptors (Lipinski definition) is 4. The maximum Gasteiger partial charge on any atom is 0.326 e. The number of pyridine rings is 1. The first kappa shape index (κ1) is 24.8. The van der Waals surface area contributed by atoms with Crippen LogP contribution in [0.25, 0.3) is 5.69 Å². The van der Waals surface area contributed by atoms with Gasteiger partial charge in [0, 0.05) is 39.5 Å². The molecule has 0 fully saturated rings. The maximum atomic E-state index is 14.2. The zero-order chi connectivity index (χ0) is 27.4. The number of β-amino-alcohol motifs (C(OH)–C–C–N with tert-alkyl or cyclic N) is 1. The quantitative estimate of drug-likeness (QED) is 0.346. The Labute approximate surface area is 225 Å². The third-order valence-electron chi connectivity index (χ3n) is 6.82. The van der Waals surface area contributed by atoms with Gasteiger partial charge < -0.3 is 15.7 Å². The van der Waals surface area contributed by atoms with E-state index in [1.165, 1.54) is 64.2 Å². The molecule has 6 rings (SSSR count). The molecule has 4 aromatic rings. The topological polar surface area (TPSA) is 104 Å². The second-order valence-corrected chi connectivity index (χ2v) is 9.60. The Hall–Kier alpha value is -4.54. The van der Waals surface area contributed by atoms with Gasteiger partial charge in [0.1, 0.15) is 11.6 Å². The summed E-state index contributed by atoms with van der Waals surface area (Å²) < 4.78 is 29.3. The van der Waals surface area contributed by atoms with Crippen LogP contribution in [0.1, 0.15) is 39.2 Å². The molecule has 3 heterocycles. The van der Waals surface area contributed by atoms with Crippen LogP contribution in [0.3, 0.4) is 0 Å². The van der Waals surface area contributed by atoms with E-state index in [1.807, 2.05) is 0 Å². The van der Waals surface area contributed by atoms with E-state index in [-0.39, 0.29) is 39.5 Å². The molecule has 0 radical (unpaired) electrons. The van der Waals surface area contributed by atoms with Gasteiger partial charge in [-0.2, -0.15) is 0 Å². The van der Waals surface area contributed by atoms with E-state index in [0.717, 1.165) is 6.07 Å². The second kappa shape index (κ2) is 9.33. The van der Waals surface area contributed by atoms with Crippen molar-refractivity contribution in [1.29, 1.82) is 0 Å². The van der Waals surface area contributed by atoms with Gasteiger partial charge in [-0.1, -0.05) is 17.7 Å². The fourth-order valence-electron chi connectivity index (χ4n) is 5.05. The number of nitrogens with zero attached hydrogens (tertiary/aromatic N) is 2. The van der Waals surface area contributed by atoms with E-state index in [9.17, 15) is 28.3 Å². The zero-order valence-corrected chi connectivity index (χ0v) is 20.7. The molecule has 8 nitrogen and oxygen atoms in total. The van der Waals surface area contributed by atoms with Crippen LogP contribution in [-0.4, -0.2) is 28.2 Å². The molecule has 3 aromatic carbocycles. The average molecular weight is 549 g/mol. The van der Waals surface area contributed by atoms with Crippen LogP contribution in [0.4, 0.5) is 25.0 Å². The number of aromatic nitrogens is 1. The van der Waals surface area contributed by atoms with Crippen molar-refractivity contribution in [2.24, 2.45) is 0 Å². The van der Waals surface area contributed by atoms with Crippen LogP contribution in [0.15, 0.2) is 77.7 Å². The molecule has 0 saturated heterocycles. The molecule has 0 spiro atoms. The molecule has 2 aliphatic rings. The Kier molecular flexibility index (Phi) is 5.93. The summed E-state index contributed by atoms with van der Waals surface area (Å²) >= 11 is 6.37. The van der Waals surface area contributed by atoms with Gasteiger partial charge in [0.2, 0.25) is 0 Å². The standard InChI is InChI=1S/C28H19ClF2N4O4/c29-20-6-4-14(30)9-17(20)26-25-19(27(38)33-26)11-16(34-8-2-1-3-24(34)37)12-21(25)32-28(39)35-13-23(36)18-10-15(31)5-7-22(18)35/h1-12,23,26,36H,13H2,(H,32,39)(H,33,38)/t23-,26-/m0/s1. The van der Waals surface area contributed by atoms with E-state index >= 15 is 0 Å². The molecular weight excluding hydrogens is 530 g/mol. The highest BCUT2D eigenvalue weighted by Gasteiger charge is 2.37. The Bertz CT molecular complexity index is 1740. The monoisotopic (exact) mass is 548 g/mol. The lowest BCUT2D eigenvalue weighted by Crippen LogP contribution is -2.34. The number of benzene rings is 3. The van der Waals surface area contributed by atoms with E-state index < -0.39 is 35.7 Å². The normalized spacial score (nSPS) is 17.5. The maximum absolute atomic E-state index is 14.2. The van der Waals surface area contributed by atoms with Crippen molar-refractivity contribution in [3.63, 3.8) is 0 Å². The first-order chi connectivity index (χ1) is 18.7. The third-order valence-corrected chi connectivity index (χ3v) is 7.17. The molecule has 196 valence electrons. The predicted octanol–water partition coefficient (Wildman–Crippen LogP) is 4.69. The Balaban J connectivity index is 1.49. The number of urea groups is 1. The molecule has 0 bridgehead atoms. The molecule has 11 heteroatoms. The Morgan fingerprint density at radius 2 is 1.74 bits per heavy atom. The number of amides is 3. The minimum absolute atomic E-state index is 0.124. The first-order valence-corrected chi connectivity index (χ1v) is 12.3. The summed E-state index contributed by atoms with van der Waals surface area (Å²) in [5, 5.41) is 16.2. The van der Waals surface area contributed by atoms with Crippen molar-refractivity contribution in [2.75, 3.05) is 16.8 Å². The number of carbonyl (C=O) groups excluding carboxylic acids is 2. The first-order valence-electron chi connectivity index (χ1n) is 11.9. The summed E-state index contributed by atoms with van der Waals surface area (Å²) in [7, 11) is 0. The summed E-state index contributed by atoms with van der Waals surface area (Å²) in [5.74, 6) is -1.62. The minimum Gasteiger partial charge on any atom is -0.386 e. The third kappa shape index (κ3) is 4.23. The number of rotatable bonds is 3. The number of aliphatic hydroxyl groups excluding tert-OH is 1. The van der Waals surface area contributed by atoms with Crippen molar-refractivity contribution in [3.05, 3.63) is 122 Å². The van der Waals surface area contributed by atoms with Crippen molar-refractivity contribution in [1.82, 2.24) is 9.88 Å². The number of carbonyl (C=O) groups is 2. The van der Waals surface area contributed by atoms with E-state index in [0.29, 0.717) is 16.9 Å². The van der Waals surface area contributed by atoms with Gasteiger partial charge in [-0.05, 0) is 54.6 Å². The highest BCUT2D eigenvalue weighted by atomic mass is 35.5. The number of aliphatic hydroxyl groups is 1. The van der Waals surface area contributed by atoms with E-state index in [2.05, 4.69) is 10.6 Å². The molecule has 3 N–H and O–H groups in total. The summed E-state index contributed by atoms with van der Waals surface area (Å²) in [5.41, 5.74) is 1.46. The molecule has 2 aliphatic heterocycles. The van der Waals surface area contributed by atoms with E-state index in [1.54, 1.807) is 12.1 Å². The number of anilines is 2. The Morgan fingerprint density at radius 3 is 2.51 bits per heavy atom. The minimum atomic E-state index is -1.09. The highest BCUT2D eigenvalue weighted by Crippen LogP contribution is 2.41. The number of nitrogens with one attached hydrogen (secondary N) is 2. The fraction of sp³-hybridized carbons (Fsp3) is 0.107. The van der Waals surface area contributed by atoms with Crippen molar-refractivity contribution in [3.8, 4) is 5.69 Å². The highest BCUT2D eigenvalue weighted by molar-refractivity contribution is 6.31. The second-order valence-electron chi connectivity index (χ2n) is 9.20. The summed E-state index contributed by atoms with van der Waals surface area (Å²) in [6.07, 6.45) is 0.425. The largest absolute Gasteiger partial charge is 0.386 e. The smallest absolute Gasteiger partial charge is 0.326 e. The molecule has 0 aliphatic carbocycles. The lowest BCUT2D eigenvalue weighted by molar-refractivity contribution is 0.0960. The van der Waals surface area contributed by atoms with Gasteiger partial charge in [-0.25, -0.2) is 13.6 Å². The van der Waals surface area contributed by atoms with Gasteiger partial charge in [0.15, 0.2) is 0 Å². The van der Waals surface area contributed by atoms with Crippen molar-refractivity contribution >= 4 is 34.9 Å². The number of hydrogen-bond donors (Lipinski definition) is 3. The average Bonchev–Trinajstić information content (AvgIpc) is 3.42. The molecule has 2 atom stereocenters. The molecular formula is C28H19ClF2N4O4. The van der Waals surface area contributed by atoms with Crippen LogP contribution >= 0.6 is 11.6 Å².